The fraction of sp³-hybridized carbons (Fsp3) is 0.333. The first kappa shape index (κ1) is 30.2. The highest BCUT2D eigenvalue weighted by molar-refractivity contribution is 6.00. The molecule has 2 atom stereocenters. The van der Waals surface area contributed by atoms with Gasteiger partial charge in [0.1, 0.15) is 11.9 Å². The molecule has 1 heterocycles. The third kappa shape index (κ3) is 6.74. The Kier molecular flexibility index (Phi) is 10.2. The van der Waals surface area contributed by atoms with Crippen LogP contribution in [0.5, 0.6) is 17.2 Å². The maximum atomic E-state index is 13.9. The number of azide groups is 1. The molecule has 1 amide bonds. The van der Waals surface area contributed by atoms with Crippen molar-refractivity contribution in [1.29, 1.82) is 0 Å². The van der Waals surface area contributed by atoms with Crippen LogP contribution in [0.2, 0.25) is 0 Å². The standard InChI is InChI=1S/C30H34N6O6/c1-20-30(18-22-8-4-5-10-25(22)34-36-31,29(38)35-32-19-23-9-6-11-26(39-2)27(23)40-3)33-28(42-20)21-12-14-24(15-13-21)41-17-7-16-37/h4-6,8-15,20,32,37H,7,16-19H2,1-3H3,(H,35,38)/t20-,30-/m0/s1. The van der Waals surface area contributed by atoms with Crippen LogP contribution in [0.25, 0.3) is 10.4 Å². The Morgan fingerprint density at radius 2 is 1.86 bits per heavy atom. The van der Waals surface area contributed by atoms with Crippen molar-refractivity contribution in [2.24, 2.45) is 10.1 Å². The highest BCUT2D eigenvalue weighted by Crippen LogP contribution is 2.35. The summed E-state index contributed by atoms with van der Waals surface area (Å²) in [5.74, 6) is 1.65. The number of carbonyl (C=O) groups excluding carboxylic acids is 1. The lowest BCUT2D eigenvalue weighted by atomic mass is 9.85. The summed E-state index contributed by atoms with van der Waals surface area (Å²) in [4.78, 5) is 21.7. The number of methoxy groups -OCH3 is 2. The van der Waals surface area contributed by atoms with Crippen molar-refractivity contribution in [2.75, 3.05) is 27.4 Å². The Bertz CT molecular complexity index is 1460. The topological polar surface area (TPSA) is 159 Å². The van der Waals surface area contributed by atoms with Crippen LogP contribution < -0.4 is 25.1 Å². The number of para-hydroxylation sites is 1. The Balaban J connectivity index is 1.62. The molecule has 220 valence electrons. The lowest BCUT2D eigenvalue weighted by Crippen LogP contribution is -2.55. The van der Waals surface area contributed by atoms with Gasteiger partial charge in [-0.25, -0.2) is 10.4 Å². The molecule has 0 unspecified atom stereocenters. The quantitative estimate of drug-likeness (QED) is 0.0847. The minimum atomic E-state index is -1.39. The zero-order chi connectivity index (χ0) is 30.0. The first-order chi connectivity index (χ1) is 20.4. The molecule has 0 saturated heterocycles. The summed E-state index contributed by atoms with van der Waals surface area (Å²) in [6.45, 7) is 2.48. The lowest BCUT2D eigenvalue weighted by molar-refractivity contribution is -0.129. The number of hydrogen-bond acceptors (Lipinski definition) is 9. The Morgan fingerprint density at radius 3 is 2.57 bits per heavy atom. The molecule has 0 bridgehead atoms. The van der Waals surface area contributed by atoms with Gasteiger partial charge in [0.15, 0.2) is 17.0 Å². The van der Waals surface area contributed by atoms with Gasteiger partial charge < -0.3 is 24.1 Å². The molecule has 12 heteroatoms. The lowest BCUT2D eigenvalue weighted by Gasteiger charge is -2.29. The first-order valence-electron chi connectivity index (χ1n) is 13.4. The summed E-state index contributed by atoms with van der Waals surface area (Å²) in [6, 6.07) is 19.7. The minimum Gasteiger partial charge on any atom is -0.494 e. The number of hydrogen-bond donors (Lipinski definition) is 3. The largest absolute Gasteiger partial charge is 0.494 e. The highest BCUT2D eigenvalue weighted by Gasteiger charge is 2.50. The van der Waals surface area contributed by atoms with Crippen LogP contribution in [0.3, 0.4) is 0 Å². The van der Waals surface area contributed by atoms with Gasteiger partial charge in [0.25, 0.3) is 5.91 Å². The third-order valence-electron chi connectivity index (χ3n) is 6.90. The average Bonchev–Trinajstić information content (AvgIpc) is 3.35. The van der Waals surface area contributed by atoms with E-state index >= 15 is 0 Å². The number of amides is 1. The Labute approximate surface area is 243 Å². The number of carbonyl (C=O) groups is 1. The maximum absolute atomic E-state index is 13.9. The van der Waals surface area contributed by atoms with E-state index < -0.39 is 17.6 Å². The number of aliphatic hydroxyl groups is 1. The minimum absolute atomic E-state index is 0.0511. The number of nitrogens with zero attached hydrogens (tertiary/aromatic N) is 4. The summed E-state index contributed by atoms with van der Waals surface area (Å²) >= 11 is 0. The van der Waals surface area contributed by atoms with Gasteiger partial charge in [-0.3, -0.25) is 10.2 Å². The molecule has 0 radical (unpaired) electrons. The van der Waals surface area contributed by atoms with Crippen molar-refractivity contribution >= 4 is 17.5 Å². The van der Waals surface area contributed by atoms with Crippen LogP contribution in [-0.4, -0.2) is 56.0 Å². The summed E-state index contributed by atoms with van der Waals surface area (Å²) in [6.07, 6.45) is -0.0197. The van der Waals surface area contributed by atoms with Gasteiger partial charge in [-0.1, -0.05) is 41.5 Å². The summed E-state index contributed by atoms with van der Waals surface area (Å²) < 4.78 is 22.7. The van der Waals surface area contributed by atoms with E-state index in [0.717, 1.165) is 5.56 Å². The summed E-state index contributed by atoms with van der Waals surface area (Å²) in [5.41, 5.74) is 16.0. The average molecular weight is 575 g/mol. The number of rotatable bonds is 14. The monoisotopic (exact) mass is 574 g/mol. The van der Waals surface area contributed by atoms with Gasteiger partial charge in [0.2, 0.25) is 5.90 Å². The Hall–Kier alpha value is -4.77. The first-order valence-corrected chi connectivity index (χ1v) is 13.4. The molecule has 3 aromatic carbocycles. The van der Waals surface area contributed by atoms with E-state index in [9.17, 15) is 4.79 Å². The van der Waals surface area contributed by atoms with Crippen LogP contribution in [0.15, 0.2) is 76.8 Å². The van der Waals surface area contributed by atoms with Crippen LogP contribution in [0.4, 0.5) is 5.69 Å². The Morgan fingerprint density at radius 1 is 1.10 bits per heavy atom. The molecule has 42 heavy (non-hydrogen) atoms. The van der Waals surface area contributed by atoms with Crippen molar-refractivity contribution in [3.05, 3.63) is 93.9 Å². The van der Waals surface area contributed by atoms with Crippen LogP contribution in [0, 0.1) is 0 Å². The molecule has 0 aromatic heterocycles. The summed E-state index contributed by atoms with van der Waals surface area (Å²) in [5, 5.41) is 12.8. The molecule has 1 aliphatic rings. The van der Waals surface area contributed by atoms with Crippen molar-refractivity contribution in [3.8, 4) is 17.2 Å². The molecule has 1 aliphatic heterocycles. The second kappa shape index (κ2) is 14.2. The zero-order valence-corrected chi connectivity index (χ0v) is 23.7. The van der Waals surface area contributed by atoms with E-state index in [1.54, 1.807) is 69.7 Å². The molecule has 12 nitrogen and oxygen atoms in total. The molecular weight excluding hydrogens is 540 g/mol. The molecule has 3 N–H and O–H groups in total. The van der Waals surface area contributed by atoms with Gasteiger partial charge in [0, 0.05) is 47.7 Å². The molecule has 4 rings (SSSR count). The molecule has 0 aliphatic carbocycles. The van der Waals surface area contributed by atoms with E-state index in [-0.39, 0.29) is 19.6 Å². The van der Waals surface area contributed by atoms with Gasteiger partial charge in [-0.2, -0.15) is 0 Å². The van der Waals surface area contributed by atoms with E-state index in [1.165, 1.54) is 0 Å². The fourth-order valence-corrected chi connectivity index (χ4v) is 4.66. The normalized spacial score (nSPS) is 17.4. The van der Waals surface area contributed by atoms with Gasteiger partial charge in [0.05, 0.1) is 20.8 Å². The SMILES string of the molecule is COc1cccc(CNNC(=O)[C@@]2(Cc3ccccc3N=[N+]=[N-])N=C(c3ccc(OCCCO)cc3)O[C@H]2C)c1OC. The number of ether oxygens (including phenoxy) is 4. The van der Waals surface area contributed by atoms with Crippen molar-refractivity contribution in [1.82, 2.24) is 10.9 Å². The molecular formula is C30H34N6O6. The molecule has 0 saturated carbocycles. The van der Waals surface area contributed by atoms with E-state index in [0.29, 0.717) is 53.0 Å². The number of aliphatic hydroxyl groups excluding tert-OH is 1. The van der Waals surface area contributed by atoms with Crippen LogP contribution in [0.1, 0.15) is 30.0 Å². The predicted octanol–water partition coefficient (Wildman–Crippen LogP) is 4.37. The van der Waals surface area contributed by atoms with Crippen LogP contribution >= 0.6 is 0 Å². The van der Waals surface area contributed by atoms with Crippen molar-refractivity contribution in [2.45, 2.75) is 38.0 Å². The smallest absolute Gasteiger partial charge is 0.266 e. The fourth-order valence-electron chi connectivity index (χ4n) is 4.66. The van der Waals surface area contributed by atoms with E-state index in [4.69, 9.17) is 34.6 Å². The highest BCUT2D eigenvalue weighted by atomic mass is 16.5. The second-order valence-corrected chi connectivity index (χ2v) is 9.51. The number of nitrogens with one attached hydrogen (secondary N) is 2. The third-order valence-corrected chi connectivity index (χ3v) is 6.90. The molecule has 0 spiro atoms. The maximum Gasteiger partial charge on any atom is 0.266 e. The van der Waals surface area contributed by atoms with E-state index in [1.807, 2.05) is 18.2 Å². The predicted molar refractivity (Wildman–Crippen MR) is 157 cm³/mol. The number of aliphatic imine (C=N–C) groups is 1. The van der Waals surface area contributed by atoms with Gasteiger partial charge in [-0.15, -0.1) is 0 Å². The second-order valence-electron chi connectivity index (χ2n) is 9.51. The zero-order valence-electron chi connectivity index (χ0n) is 23.7. The number of hydrazine groups is 1. The van der Waals surface area contributed by atoms with Crippen molar-refractivity contribution in [3.63, 3.8) is 0 Å². The molecule has 0 fully saturated rings. The summed E-state index contributed by atoms with van der Waals surface area (Å²) in [7, 11) is 3.11. The van der Waals surface area contributed by atoms with Crippen molar-refractivity contribution < 1.29 is 28.8 Å². The molecule has 3 aromatic rings. The van der Waals surface area contributed by atoms with Gasteiger partial charge in [-0.05, 0) is 48.4 Å². The number of benzene rings is 3. The van der Waals surface area contributed by atoms with Crippen LogP contribution in [-0.2, 0) is 22.5 Å². The van der Waals surface area contributed by atoms with E-state index in [2.05, 4.69) is 20.9 Å². The van der Waals surface area contributed by atoms with Gasteiger partial charge >= 0.3 is 0 Å².